The molecule has 0 saturated carbocycles. The number of thioether (sulfide) groups is 1. The second-order valence-electron chi connectivity index (χ2n) is 4.99. The number of nitrogens with two attached hydrogens (primary N) is 1. The van der Waals surface area contributed by atoms with E-state index in [9.17, 15) is 10.1 Å². The number of hydrogen-bond acceptors (Lipinski definition) is 8. The number of aryl methyl sites for hydroxylation is 1. The van der Waals surface area contributed by atoms with Crippen LogP contribution < -0.4 is 10.6 Å². The molecule has 0 amide bonds. The minimum atomic E-state index is -0.474. The van der Waals surface area contributed by atoms with Crippen LogP contribution in [-0.4, -0.2) is 32.2 Å². The Kier molecular flexibility index (Phi) is 4.89. The second-order valence-corrected chi connectivity index (χ2v) is 6.05. The van der Waals surface area contributed by atoms with E-state index in [0.29, 0.717) is 22.5 Å². The molecule has 0 bridgehead atoms. The summed E-state index contributed by atoms with van der Waals surface area (Å²) >= 11 is 1.34. The van der Waals surface area contributed by atoms with Gasteiger partial charge in [0.15, 0.2) is 11.6 Å². The average molecular weight is 361 g/mol. The number of nitro benzene ring substituents is 1. The molecule has 0 spiro atoms. The molecule has 3 rings (SSSR count). The molecule has 0 fully saturated rings. The molecular formula is C15H15N5O4S. The van der Waals surface area contributed by atoms with Gasteiger partial charge in [-0.05, 0) is 19.1 Å². The summed E-state index contributed by atoms with van der Waals surface area (Å²) in [6, 6.07) is 8.02. The highest BCUT2D eigenvalue weighted by Gasteiger charge is 2.16. The first-order valence-corrected chi connectivity index (χ1v) is 8.30. The SMILES string of the molecule is Cc1occc1-c1nnc(SCCOc2ccccc2[N+](=O)[O-])n1N. The largest absolute Gasteiger partial charge is 0.486 e. The molecule has 130 valence electrons. The maximum Gasteiger partial charge on any atom is 0.310 e. The molecule has 0 aliphatic heterocycles. The highest BCUT2D eigenvalue weighted by atomic mass is 32.2. The van der Waals surface area contributed by atoms with E-state index >= 15 is 0 Å². The minimum Gasteiger partial charge on any atom is -0.486 e. The maximum atomic E-state index is 10.9. The Morgan fingerprint density at radius 2 is 2.16 bits per heavy atom. The van der Waals surface area contributed by atoms with Crippen molar-refractivity contribution in [1.82, 2.24) is 14.9 Å². The Hall–Kier alpha value is -3.01. The topological polar surface area (TPSA) is 122 Å². The molecule has 0 aliphatic rings. The summed E-state index contributed by atoms with van der Waals surface area (Å²) in [5.41, 5.74) is 0.713. The molecule has 2 N–H and O–H groups in total. The number of aromatic nitrogens is 3. The Labute approximate surface area is 146 Å². The molecule has 0 unspecified atom stereocenters. The van der Waals surface area contributed by atoms with Crippen molar-refractivity contribution in [2.45, 2.75) is 12.1 Å². The van der Waals surface area contributed by atoms with Gasteiger partial charge in [-0.1, -0.05) is 23.9 Å². The summed E-state index contributed by atoms with van der Waals surface area (Å²) in [6.45, 7) is 2.08. The summed E-state index contributed by atoms with van der Waals surface area (Å²) in [5.74, 6) is 7.97. The smallest absolute Gasteiger partial charge is 0.310 e. The third-order valence-corrected chi connectivity index (χ3v) is 4.31. The number of hydrogen-bond donors (Lipinski definition) is 1. The lowest BCUT2D eigenvalue weighted by atomic mass is 10.2. The van der Waals surface area contributed by atoms with Gasteiger partial charge in [-0.25, -0.2) is 4.68 Å². The number of rotatable bonds is 7. The average Bonchev–Trinajstić information content (AvgIpc) is 3.17. The van der Waals surface area contributed by atoms with Crippen molar-refractivity contribution in [2.75, 3.05) is 18.2 Å². The van der Waals surface area contributed by atoms with Gasteiger partial charge in [0.2, 0.25) is 5.16 Å². The van der Waals surface area contributed by atoms with Crippen molar-refractivity contribution in [2.24, 2.45) is 0 Å². The number of ether oxygens (including phenoxy) is 1. The standard InChI is InChI=1S/C15H15N5O4S/c1-10-11(6-7-23-10)14-17-18-15(19(14)16)25-9-8-24-13-5-3-2-4-12(13)20(21)22/h2-7H,8-9,16H2,1H3. The van der Waals surface area contributed by atoms with E-state index in [-0.39, 0.29) is 18.0 Å². The van der Waals surface area contributed by atoms with Gasteiger partial charge in [-0.3, -0.25) is 10.1 Å². The molecule has 2 heterocycles. The molecule has 2 aromatic heterocycles. The van der Waals surface area contributed by atoms with Crippen molar-refractivity contribution in [3.8, 4) is 17.1 Å². The van der Waals surface area contributed by atoms with Crippen LogP contribution in [0.3, 0.4) is 0 Å². The highest BCUT2D eigenvalue weighted by Crippen LogP contribution is 2.27. The van der Waals surface area contributed by atoms with Crippen LogP contribution in [0.5, 0.6) is 5.75 Å². The van der Waals surface area contributed by atoms with Crippen LogP contribution in [0, 0.1) is 17.0 Å². The lowest BCUT2D eigenvalue weighted by molar-refractivity contribution is -0.385. The van der Waals surface area contributed by atoms with Crippen molar-refractivity contribution >= 4 is 17.4 Å². The minimum absolute atomic E-state index is 0.0628. The summed E-state index contributed by atoms with van der Waals surface area (Å²) in [4.78, 5) is 10.5. The highest BCUT2D eigenvalue weighted by molar-refractivity contribution is 7.99. The van der Waals surface area contributed by atoms with Crippen LogP contribution in [0.4, 0.5) is 5.69 Å². The van der Waals surface area contributed by atoms with Gasteiger partial charge < -0.3 is 15.0 Å². The predicted molar refractivity (Wildman–Crippen MR) is 91.9 cm³/mol. The molecule has 0 atom stereocenters. The van der Waals surface area contributed by atoms with E-state index in [1.54, 1.807) is 30.5 Å². The molecule has 9 nitrogen and oxygen atoms in total. The summed E-state index contributed by atoms with van der Waals surface area (Å²) in [6.07, 6.45) is 1.56. The zero-order chi connectivity index (χ0) is 17.8. The number of furan rings is 1. The fourth-order valence-electron chi connectivity index (χ4n) is 2.19. The molecule has 0 aliphatic carbocycles. The van der Waals surface area contributed by atoms with Gasteiger partial charge in [-0.2, -0.15) is 0 Å². The number of benzene rings is 1. The van der Waals surface area contributed by atoms with E-state index in [1.807, 2.05) is 6.92 Å². The van der Waals surface area contributed by atoms with Crippen molar-refractivity contribution in [1.29, 1.82) is 0 Å². The normalized spacial score (nSPS) is 10.8. The van der Waals surface area contributed by atoms with E-state index in [1.165, 1.54) is 22.5 Å². The Morgan fingerprint density at radius 1 is 1.36 bits per heavy atom. The van der Waals surface area contributed by atoms with Gasteiger partial charge in [-0.15, -0.1) is 10.2 Å². The molecule has 0 saturated heterocycles. The van der Waals surface area contributed by atoms with Crippen LogP contribution in [0.25, 0.3) is 11.4 Å². The fraction of sp³-hybridized carbons (Fsp3) is 0.200. The third-order valence-electron chi connectivity index (χ3n) is 3.40. The first-order valence-electron chi connectivity index (χ1n) is 7.32. The molecule has 0 radical (unpaired) electrons. The number of nitrogen functional groups attached to an aromatic ring is 1. The van der Waals surface area contributed by atoms with Crippen molar-refractivity contribution in [3.63, 3.8) is 0 Å². The third kappa shape index (κ3) is 3.58. The number of nitrogens with zero attached hydrogens (tertiary/aromatic N) is 4. The number of nitro groups is 1. The van der Waals surface area contributed by atoms with Crippen molar-refractivity contribution in [3.05, 3.63) is 52.5 Å². The van der Waals surface area contributed by atoms with Crippen LogP contribution in [0.15, 0.2) is 46.2 Å². The first-order chi connectivity index (χ1) is 12.1. The monoisotopic (exact) mass is 361 g/mol. The Morgan fingerprint density at radius 3 is 2.88 bits per heavy atom. The van der Waals surface area contributed by atoms with Crippen LogP contribution in [0.1, 0.15) is 5.76 Å². The van der Waals surface area contributed by atoms with Gasteiger partial charge in [0.25, 0.3) is 0 Å². The van der Waals surface area contributed by atoms with Gasteiger partial charge in [0.1, 0.15) is 5.76 Å². The first kappa shape index (κ1) is 16.8. The van der Waals surface area contributed by atoms with Gasteiger partial charge in [0, 0.05) is 11.8 Å². The quantitative estimate of drug-likeness (QED) is 0.224. The Balaban J connectivity index is 1.60. The molecule has 1 aromatic carbocycles. The van der Waals surface area contributed by atoms with Crippen LogP contribution in [-0.2, 0) is 0 Å². The zero-order valence-electron chi connectivity index (χ0n) is 13.3. The molecule has 3 aromatic rings. The zero-order valence-corrected chi connectivity index (χ0v) is 14.1. The molecule has 25 heavy (non-hydrogen) atoms. The number of para-hydroxylation sites is 2. The fourth-order valence-corrected chi connectivity index (χ4v) is 2.86. The van der Waals surface area contributed by atoms with E-state index in [4.69, 9.17) is 15.0 Å². The summed E-state index contributed by atoms with van der Waals surface area (Å²) in [5, 5.41) is 19.6. The second kappa shape index (κ2) is 7.26. The van der Waals surface area contributed by atoms with Crippen LogP contribution >= 0.6 is 11.8 Å². The van der Waals surface area contributed by atoms with E-state index < -0.39 is 4.92 Å². The van der Waals surface area contributed by atoms with E-state index in [0.717, 1.165) is 5.56 Å². The van der Waals surface area contributed by atoms with Crippen molar-refractivity contribution < 1.29 is 14.1 Å². The van der Waals surface area contributed by atoms with Gasteiger partial charge in [0.05, 0.1) is 23.4 Å². The Bertz CT molecular complexity index is 892. The molecule has 10 heteroatoms. The van der Waals surface area contributed by atoms with Gasteiger partial charge >= 0.3 is 5.69 Å². The maximum absolute atomic E-state index is 10.9. The van der Waals surface area contributed by atoms with E-state index in [2.05, 4.69) is 10.2 Å². The summed E-state index contributed by atoms with van der Waals surface area (Å²) in [7, 11) is 0. The lowest BCUT2D eigenvalue weighted by Gasteiger charge is -2.06. The summed E-state index contributed by atoms with van der Waals surface area (Å²) < 4.78 is 12.1. The van der Waals surface area contributed by atoms with Crippen LogP contribution in [0.2, 0.25) is 0 Å². The molecular weight excluding hydrogens is 346 g/mol. The predicted octanol–water partition coefficient (Wildman–Crippen LogP) is 2.64. The lowest BCUT2D eigenvalue weighted by Crippen LogP contribution is -2.12.